The van der Waals surface area contributed by atoms with Crippen LogP contribution < -0.4 is 14.9 Å². The summed E-state index contributed by atoms with van der Waals surface area (Å²) in [6.45, 7) is 1.67. The molecule has 0 aliphatic heterocycles. The maximum Gasteiger partial charge on any atom is 0.270 e. The van der Waals surface area contributed by atoms with Gasteiger partial charge in [0.05, 0.1) is 29.7 Å². The Hall–Kier alpha value is -3.86. The average molecular weight is 430 g/mol. The van der Waals surface area contributed by atoms with Crippen molar-refractivity contribution in [2.24, 2.45) is 5.10 Å². The lowest BCUT2D eigenvalue weighted by Crippen LogP contribution is -2.16. The van der Waals surface area contributed by atoms with E-state index in [4.69, 9.17) is 9.15 Å². The first kappa shape index (κ1) is 20.9. The van der Waals surface area contributed by atoms with Crippen LogP contribution in [0.5, 0.6) is 5.75 Å². The van der Waals surface area contributed by atoms with Gasteiger partial charge in [-0.2, -0.15) is 5.10 Å². The van der Waals surface area contributed by atoms with Gasteiger partial charge in [0.15, 0.2) is 0 Å². The molecule has 3 rings (SSSR count). The molecule has 30 heavy (non-hydrogen) atoms. The number of para-hydroxylation sites is 2. The summed E-state index contributed by atoms with van der Waals surface area (Å²) in [7, 11) is -2.82. The Morgan fingerprint density at radius 3 is 2.57 bits per heavy atom. The van der Waals surface area contributed by atoms with E-state index in [1.165, 1.54) is 31.6 Å². The van der Waals surface area contributed by atoms with E-state index in [9.17, 15) is 18.5 Å². The van der Waals surface area contributed by atoms with Crippen LogP contribution in [0.25, 0.3) is 0 Å². The monoisotopic (exact) mass is 430 g/mol. The number of nitro benzene ring substituents is 1. The van der Waals surface area contributed by atoms with Gasteiger partial charge in [0, 0.05) is 12.1 Å². The van der Waals surface area contributed by atoms with Crippen molar-refractivity contribution in [1.29, 1.82) is 0 Å². The first-order valence-electron chi connectivity index (χ1n) is 8.60. The molecule has 2 N–H and O–H groups in total. The van der Waals surface area contributed by atoms with Crippen LogP contribution in [0.1, 0.15) is 12.7 Å². The van der Waals surface area contributed by atoms with E-state index in [2.05, 4.69) is 15.2 Å². The number of non-ortho nitro benzene ring substituents is 1. The lowest BCUT2D eigenvalue weighted by atomic mass is 10.3. The molecule has 0 amide bonds. The van der Waals surface area contributed by atoms with Gasteiger partial charge in [0.1, 0.15) is 22.1 Å². The molecule has 11 heteroatoms. The van der Waals surface area contributed by atoms with E-state index in [1.807, 2.05) is 0 Å². The molecule has 10 nitrogen and oxygen atoms in total. The third-order valence-corrected chi connectivity index (χ3v) is 5.44. The average Bonchev–Trinajstić information content (AvgIpc) is 3.27. The second-order valence-electron chi connectivity index (χ2n) is 6.03. The molecule has 0 bridgehead atoms. The second-order valence-corrected chi connectivity index (χ2v) is 7.68. The van der Waals surface area contributed by atoms with Crippen LogP contribution in [-0.2, 0) is 10.0 Å². The van der Waals surface area contributed by atoms with Gasteiger partial charge in [-0.25, -0.2) is 8.42 Å². The van der Waals surface area contributed by atoms with Crippen molar-refractivity contribution in [2.45, 2.75) is 11.8 Å². The van der Waals surface area contributed by atoms with Crippen molar-refractivity contribution in [3.05, 3.63) is 76.7 Å². The van der Waals surface area contributed by atoms with Crippen molar-refractivity contribution in [2.75, 3.05) is 17.3 Å². The number of hydrogen-bond acceptors (Lipinski definition) is 8. The molecular weight excluding hydrogens is 412 g/mol. The fraction of sp³-hybridized carbons (Fsp3) is 0.105. The molecule has 156 valence electrons. The topological polar surface area (TPSA) is 136 Å². The SMILES string of the molecule is COc1ccccc1NS(=O)(=O)c1cc([N+](=O)[O-])ccc1N/N=C(\C)c1ccco1. The molecule has 0 fully saturated rings. The zero-order chi connectivity index (χ0) is 21.7. The third kappa shape index (κ3) is 4.58. The molecule has 0 atom stereocenters. The first-order valence-corrected chi connectivity index (χ1v) is 10.1. The summed E-state index contributed by atoms with van der Waals surface area (Å²) in [5.41, 5.74) is 2.96. The number of rotatable bonds is 8. The van der Waals surface area contributed by atoms with E-state index in [0.717, 1.165) is 6.07 Å². The van der Waals surface area contributed by atoms with Gasteiger partial charge in [0.2, 0.25) is 0 Å². The summed E-state index contributed by atoms with van der Waals surface area (Å²) in [5, 5.41) is 15.3. The van der Waals surface area contributed by atoms with Gasteiger partial charge in [-0.3, -0.25) is 20.3 Å². The summed E-state index contributed by atoms with van der Waals surface area (Å²) in [5.74, 6) is 0.786. The Kier molecular flexibility index (Phi) is 6.02. The van der Waals surface area contributed by atoms with E-state index in [1.54, 1.807) is 37.3 Å². The molecule has 0 unspecified atom stereocenters. The van der Waals surface area contributed by atoms with Crippen molar-refractivity contribution < 1.29 is 22.5 Å². The molecule has 0 aliphatic rings. The predicted octanol–water partition coefficient (Wildman–Crippen LogP) is 3.83. The number of nitrogens with one attached hydrogen (secondary N) is 2. The number of sulfonamides is 1. The van der Waals surface area contributed by atoms with Crippen molar-refractivity contribution in [3.8, 4) is 5.75 Å². The van der Waals surface area contributed by atoms with Gasteiger partial charge >= 0.3 is 0 Å². The zero-order valence-corrected chi connectivity index (χ0v) is 16.8. The van der Waals surface area contributed by atoms with E-state index in [-0.39, 0.29) is 22.0 Å². The van der Waals surface area contributed by atoms with Crippen molar-refractivity contribution in [1.82, 2.24) is 0 Å². The second kappa shape index (κ2) is 8.66. The molecule has 3 aromatic rings. The Balaban J connectivity index is 2.01. The summed E-state index contributed by atoms with van der Waals surface area (Å²) >= 11 is 0. The van der Waals surface area contributed by atoms with Gasteiger partial charge in [-0.05, 0) is 37.3 Å². The lowest BCUT2D eigenvalue weighted by molar-refractivity contribution is -0.385. The van der Waals surface area contributed by atoms with Gasteiger partial charge < -0.3 is 9.15 Å². The maximum atomic E-state index is 13.0. The predicted molar refractivity (Wildman–Crippen MR) is 111 cm³/mol. The fourth-order valence-electron chi connectivity index (χ4n) is 2.55. The molecule has 1 aromatic heterocycles. The number of hydrazone groups is 1. The summed E-state index contributed by atoms with van der Waals surface area (Å²) in [6, 6.07) is 13.2. The van der Waals surface area contributed by atoms with Crippen molar-refractivity contribution >= 4 is 32.8 Å². The number of benzene rings is 2. The molecular formula is C19H18N4O6S. The van der Waals surface area contributed by atoms with E-state index in [0.29, 0.717) is 17.2 Å². The summed E-state index contributed by atoms with van der Waals surface area (Å²) in [4.78, 5) is 10.2. The maximum absolute atomic E-state index is 13.0. The van der Waals surface area contributed by atoms with E-state index < -0.39 is 14.9 Å². The Morgan fingerprint density at radius 2 is 1.90 bits per heavy atom. The Morgan fingerprint density at radius 1 is 1.13 bits per heavy atom. The van der Waals surface area contributed by atoms with Crippen molar-refractivity contribution in [3.63, 3.8) is 0 Å². The highest BCUT2D eigenvalue weighted by Crippen LogP contribution is 2.31. The van der Waals surface area contributed by atoms with Gasteiger partial charge in [-0.1, -0.05) is 12.1 Å². The number of nitro groups is 1. The number of anilines is 2. The number of methoxy groups -OCH3 is 1. The Labute approximate surface area is 172 Å². The lowest BCUT2D eigenvalue weighted by Gasteiger charge is -2.14. The quantitative estimate of drug-likeness (QED) is 0.315. The number of hydrogen-bond donors (Lipinski definition) is 2. The summed E-state index contributed by atoms with van der Waals surface area (Å²) < 4.78 is 38.9. The van der Waals surface area contributed by atoms with Gasteiger partial charge in [-0.15, -0.1) is 0 Å². The fourth-order valence-corrected chi connectivity index (χ4v) is 3.80. The molecule has 0 radical (unpaired) electrons. The molecule has 1 heterocycles. The minimum Gasteiger partial charge on any atom is -0.495 e. The minimum atomic E-state index is -4.22. The van der Waals surface area contributed by atoms with Crippen LogP contribution in [0, 0.1) is 10.1 Å². The molecule has 2 aromatic carbocycles. The minimum absolute atomic E-state index is 0.0499. The Bertz CT molecular complexity index is 1190. The van der Waals surface area contributed by atoms with Crippen LogP contribution in [0.15, 0.2) is 75.3 Å². The zero-order valence-electron chi connectivity index (χ0n) is 16.0. The van der Waals surface area contributed by atoms with Crippen LogP contribution in [0.4, 0.5) is 17.1 Å². The van der Waals surface area contributed by atoms with E-state index >= 15 is 0 Å². The highest BCUT2D eigenvalue weighted by atomic mass is 32.2. The standard InChI is InChI=1S/C19H18N4O6S/c1-13(17-8-5-11-29-17)20-21-16-10-9-14(23(24)25)12-19(16)30(26,27)22-15-6-3-4-7-18(15)28-2/h3-12,21-22H,1-2H3/b20-13+. The number of nitrogens with zero attached hydrogens (tertiary/aromatic N) is 2. The third-order valence-electron chi connectivity index (χ3n) is 4.04. The highest BCUT2D eigenvalue weighted by molar-refractivity contribution is 7.93. The first-order chi connectivity index (χ1) is 14.3. The van der Waals surface area contributed by atoms with Gasteiger partial charge in [0.25, 0.3) is 15.7 Å². The smallest absolute Gasteiger partial charge is 0.270 e. The number of ether oxygens (including phenoxy) is 1. The molecule has 0 saturated heterocycles. The molecule has 0 spiro atoms. The normalized spacial score (nSPS) is 11.7. The van der Waals surface area contributed by atoms with Crippen LogP contribution in [0.2, 0.25) is 0 Å². The van der Waals surface area contributed by atoms with Crippen LogP contribution in [0.3, 0.4) is 0 Å². The number of furan rings is 1. The highest BCUT2D eigenvalue weighted by Gasteiger charge is 2.24. The molecule has 0 aliphatic carbocycles. The largest absolute Gasteiger partial charge is 0.495 e. The molecule has 0 saturated carbocycles. The summed E-state index contributed by atoms with van der Waals surface area (Å²) in [6.07, 6.45) is 1.48. The van der Waals surface area contributed by atoms with Crippen LogP contribution >= 0.6 is 0 Å². The van der Waals surface area contributed by atoms with Crippen LogP contribution in [-0.4, -0.2) is 26.2 Å².